The molecule has 1 aromatic carbocycles. The van der Waals surface area contributed by atoms with Gasteiger partial charge in [0.1, 0.15) is 5.60 Å². The molecule has 28 heavy (non-hydrogen) atoms. The molecular weight excluding hydrogens is 424 g/mol. The lowest BCUT2D eigenvalue weighted by molar-refractivity contribution is -0.00806. The molecule has 1 amide bonds. The predicted octanol–water partition coefficient (Wildman–Crippen LogP) is 4.20. The summed E-state index contributed by atoms with van der Waals surface area (Å²) in [5, 5.41) is 0. The van der Waals surface area contributed by atoms with E-state index in [4.69, 9.17) is 14.2 Å². The Hall–Kier alpha value is -1.31. The SMILES string of the molecule is CC(C)(C)OC(=O)N(Cc1ccc(Br)cc1N1CCOCC1)C1CCOCC1. The largest absolute Gasteiger partial charge is 0.444 e. The molecule has 2 saturated heterocycles. The van der Waals surface area contributed by atoms with Crippen molar-refractivity contribution in [2.24, 2.45) is 0 Å². The summed E-state index contributed by atoms with van der Waals surface area (Å²) in [4.78, 5) is 17.3. The summed E-state index contributed by atoms with van der Waals surface area (Å²) < 4.78 is 17.8. The summed E-state index contributed by atoms with van der Waals surface area (Å²) in [6.07, 6.45) is 1.42. The third-order valence-electron chi connectivity index (χ3n) is 5.00. The van der Waals surface area contributed by atoms with Gasteiger partial charge in [0.25, 0.3) is 0 Å². The average Bonchev–Trinajstić information content (AvgIpc) is 2.67. The molecule has 0 unspecified atom stereocenters. The molecule has 3 rings (SSSR count). The molecule has 0 aliphatic carbocycles. The van der Waals surface area contributed by atoms with Crippen LogP contribution in [0.25, 0.3) is 0 Å². The number of carbonyl (C=O) groups excluding carboxylic acids is 1. The minimum absolute atomic E-state index is 0.129. The Balaban J connectivity index is 1.86. The van der Waals surface area contributed by atoms with Crippen molar-refractivity contribution >= 4 is 27.7 Å². The number of rotatable bonds is 4. The predicted molar refractivity (Wildman–Crippen MR) is 113 cm³/mol. The quantitative estimate of drug-likeness (QED) is 0.681. The second-order valence-corrected chi connectivity index (χ2v) is 9.24. The van der Waals surface area contributed by atoms with Gasteiger partial charge in [0.15, 0.2) is 0 Å². The van der Waals surface area contributed by atoms with Gasteiger partial charge in [0.2, 0.25) is 0 Å². The van der Waals surface area contributed by atoms with Crippen LogP contribution in [0.15, 0.2) is 22.7 Å². The van der Waals surface area contributed by atoms with Gasteiger partial charge in [0.05, 0.1) is 19.8 Å². The van der Waals surface area contributed by atoms with Gasteiger partial charge in [-0.3, -0.25) is 0 Å². The van der Waals surface area contributed by atoms with Gasteiger partial charge in [-0.05, 0) is 51.3 Å². The highest BCUT2D eigenvalue weighted by molar-refractivity contribution is 9.10. The molecule has 6 nitrogen and oxygen atoms in total. The van der Waals surface area contributed by atoms with Gasteiger partial charge >= 0.3 is 6.09 Å². The van der Waals surface area contributed by atoms with Crippen molar-refractivity contribution in [3.63, 3.8) is 0 Å². The van der Waals surface area contributed by atoms with Crippen LogP contribution in [0, 0.1) is 0 Å². The monoisotopic (exact) mass is 454 g/mol. The van der Waals surface area contributed by atoms with Gasteiger partial charge in [0, 0.05) is 42.5 Å². The molecule has 0 atom stereocenters. The number of hydrogen-bond acceptors (Lipinski definition) is 5. The van der Waals surface area contributed by atoms with E-state index in [2.05, 4.69) is 33.0 Å². The fourth-order valence-electron chi connectivity index (χ4n) is 3.61. The Labute approximate surface area is 176 Å². The Morgan fingerprint density at radius 3 is 2.46 bits per heavy atom. The Kier molecular flexibility index (Phi) is 7.23. The second kappa shape index (κ2) is 9.46. The number of halogens is 1. The second-order valence-electron chi connectivity index (χ2n) is 8.32. The number of hydrogen-bond donors (Lipinski definition) is 0. The zero-order valence-electron chi connectivity index (χ0n) is 17.1. The standard InChI is InChI=1S/C21H31BrN2O4/c1-21(2,3)28-20(25)24(18-6-10-26-11-7-18)15-16-4-5-17(22)14-19(16)23-8-12-27-13-9-23/h4-5,14,18H,6-13,15H2,1-3H3. The Morgan fingerprint density at radius 1 is 1.18 bits per heavy atom. The van der Waals surface area contributed by atoms with Crippen LogP contribution < -0.4 is 4.90 Å². The molecule has 2 fully saturated rings. The summed E-state index contributed by atoms with van der Waals surface area (Å²) in [5.74, 6) is 0. The van der Waals surface area contributed by atoms with Gasteiger partial charge in [-0.15, -0.1) is 0 Å². The van der Waals surface area contributed by atoms with Gasteiger partial charge in [-0.25, -0.2) is 4.79 Å². The summed E-state index contributed by atoms with van der Waals surface area (Å²) in [6, 6.07) is 6.41. The highest BCUT2D eigenvalue weighted by atomic mass is 79.9. The third kappa shape index (κ3) is 5.84. The van der Waals surface area contributed by atoms with Gasteiger partial charge in [-0.1, -0.05) is 22.0 Å². The molecule has 2 heterocycles. The van der Waals surface area contributed by atoms with Crippen molar-refractivity contribution in [2.75, 3.05) is 44.4 Å². The molecule has 2 aliphatic rings. The van der Waals surface area contributed by atoms with Crippen molar-refractivity contribution in [2.45, 2.75) is 51.8 Å². The van der Waals surface area contributed by atoms with Crippen LogP contribution in [0.5, 0.6) is 0 Å². The number of morpholine rings is 1. The molecule has 0 radical (unpaired) electrons. The molecule has 156 valence electrons. The summed E-state index contributed by atoms with van der Waals surface area (Å²) >= 11 is 3.59. The van der Waals surface area contributed by atoms with E-state index in [-0.39, 0.29) is 12.1 Å². The molecule has 1 aromatic rings. The highest BCUT2D eigenvalue weighted by Gasteiger charge is 2.31. The highest BCUT2D eigenvalue weighted by Crippen LogP contribution is 2.29. The van der Waals surface area contributed by atoms with Crippen LogP contribution in [0.3, 0.4) is 0 Å². The first kappa shape index (κ1) is 21.4. The van der Waals surface area contributed by atoms with Crippen molar-refractivity contribution in [1.82, 2.24) is 4.90 Å². The number of nitrogens with zero attached hydrogens (tertiary/aromatic N) is 2. The minimum Gasteiger partial charge on any atom is -0.444 e. The first-order chi connectivity index (χ1) is 13.3. The van der Waals surface area contributed by atoms with E-state index in [9.17, 15) is 4.79 Å². The maximum Gasteiger partial charge on any atom is 0.410 e. The minimum atomic E-state index is -0.521. The Bertz CT molecular complexity index is 665. The number of anilines is 1. The van der Waals surface area contributed by atoms with Crippen LogP contribution in [0.1, 0.15) is 39.2 Å². The molecule has 0 bridgehead atoms. The number of amides is 1. The zero-order chi connectivity index (χ0) is 20.1. The van der Waals surface area contributed by atoms with Gasteiger partial charge in [-0.2, -0.15) is 0 Å². The lowest BCUT2D eigenvalue weighted by Gasteiger charge is -2.37. The van der Waals surface area contributed by atoms with E-state index < -0.39 is 5.60 Å². The summed E-state index contributed by atoms with van der Waals surface area (Å²) in [7, 11) is 0. The molecule has 0 spiro atoms. The first-order valence-corrected chi connectivity index (χ1v) is 10.8. The van der Waals surface area contributed by atoms with E-state index in [1.165, 1.54) is 0 Å². The van der Waals surface area contributed by atoms with Crippen LogP contribution in [-0.4, -0.2) is 62.2 Å². The molecule has 0 saturated carbocycles. The average molecular weight is 455 g/mol. The molecule has 0 aromatic heterocycles. The van der Waals surface area contributed by atoms with Crippen molar-refractivity contribution in [1.29, 1.82) is 0 Å². The Morgan fingerprint density at radius 2 is 1.82 bits per heavy atom. The molecular formula is C21H31BrN2O4. The van der Waals surface area contributed by atoms with Crippen LogP contribution in [0.2, 0.25) is 0 Å². The van der Waals surface area contributed by atoms with E-state index in [0.717, 1.165) is 54.9 Å². The fraction of sp³-hybridized carbons (Fsp3) is 0.667. The number of benzene rings is 1. The third-order valence-corrected chi connectivity index (χ3v) is 5.49. The van der Waals surface area contributed by atoms with E-state index in [1.54, 1.807) is 0 Å². The lowest BCUT2D eigenvalue weighted by atomic mass is 10.0. The lowest BCUT2D eigenvalue weighted by Crippen LogP contribution is -2.45. The summed E-state index contributed by atoms with van der Waals surface area (Å²) in [5.41, 5.74) is 1.76. The van der Waals surface area contributed by atoms with Gasteiger partial charge < -0.3 is 24.0 Å². The molecule has 0 N–H and O–H groups in total. The van der Waals surface area contributed by atoms with E-state index >= 15 is 0 Å². The number of carbonyl (C=O) groups is 1. The van der Waals surface area contributed by atoms with Crippen LogP contribution in [-0.2, 0) is 20.8 Å². The number of ether oxygens (including phenoxy) is 3. The van der Waals surface area contributed by atoms with Crippen molar-refractivity contribution in [3.8, 4) is 0 Å². The normalized spacial score (nSPS) is 18.8. The summed E-state index contributed by atoms with van der Waals surface area (Å²) in [6.45, 7) is 10.8. The topological polar surface area (TPSA) is 51.2 Å². The maximum atomic E-state index is 13.0. The van der Waals surface area contributed by atoms with E-state index in [0.29, 0.717) is 19.8 Å². The van der Waals surface area contributed by atoms with Crippen molar-refractivity contribution < 1.29 is 19.0 Å². The van der Waals surface area contributed by atoms with Crippen molar-refractivity contribution in [3.05, 3.63) is 28.2 Å². The van der Waals surface area contributed by atoms with E-state index in [1.807, 2.05) is 31.7 Å². The molecule has 2 aliphatic heterocycles. The fourth-order valence-corrected chi connectivity index (χ4v) is 3.96. The first-order valence-electron chi connectivity index (χ1n) is 10.0. The van der Waals surface area contributed by atoms with Crippen LogP contribution >= 0.6 is 15.9 Å². The zero-order valence-corrected chi connectivity index (χ0v) is 18.7. The smallest absolute Gasteiger partial charge is 0.410 e. The maximum absolute atomic E-state index is 13.0. The van der Waals surface area contributed by atoms with Crippen LogP contribution in [0.4, 0.5) is 10.5 Å². The molecule has 7 heteroatoms.